The summed E-state index contributed by atoms with van der Waals surface area (Å²) in [6.07, 6.45) is 2.73. The number of aromatic nitrogens is 2. The van der Waals surface area contributed by atoms with E-state index in [0.717, 1.165) is 42.3 Å². The molecule has 0 aliphatic heterocycles. The molecule has 0 radical (unpaired) electrons. The van der Waals surface area contributed by atoms with Gasteiger partial charge in [0.15, 0.2) is 0 Å². The lowest BCUT2D eigenvalue weighted by Crippen LogP contribution is -2.38. The first-order chi connectivity index (χ1) is 10.0. The smallest absolute Gasteiger partial charge is 0.242 e. The Labute approximate surface area is 127 Å². The first-order valence-electron chi connectivity index (χ1n) is 7.62. The van der Waals surface area contributed by atoms with Crippen LogP contribution >= 0.6 is 0 Å². The van der Waals surface area contributed by atoms with Crippen molar-refractivity contribution in [3.63, 3.8) is 0 Å². The number of nitrogens with zero attached hydrogens (tertiary/aromatic N) is 2. The molecule has 0 aromatic carbocycles. The van der Waals surface area contributed by atoms with Gasteiger partial charge < -0.3 is 16.0 Å². The van der Waals surface area contributed by atoms with Crippen molar-refractivity contribution in [3.8, 4) is 0 Å². The third-order valence-corrected chi connectivity index (χ3v) is 3.20. The van der Waals surface area contributed by atoms with E-state index in [1.54, 1.807) is 0 Å². The Morgan fingerprint density at radius 2 is 1.86 bits per heavy atom. The van der Waals surface area contributed by atoms with Crippen molar-refractivity contribution in [3.05, 3.63) is 11.4 Å². The summed E-state index contributed by atoms with van der Waals surface area (Å²) < 4.78 is 0. The summed E-state index contributed by atoms with van der Waals surface area (Å²) in [6.45, 7) is 8.60. The van der Waals surface area contributed by atoms with Gasteiger partial charge in [0.2, 0.25) is 5.91 Å². The fraction of sp³-hybridized carbons (Fsp3) is 0.667. The van der Waals surface area contributed by atoms with Crippen LogP contribution in [0.5, 0.6) is 0 Å². The summed E-state index contributed by atoms with van der Waals surface area (Å²) in [6, 6.07) is -0.329. The average molecular weight is 293 g/mol. The number of nitrogens with one attached hydrogen (secondary N) is 3. The number of hydrogen-bond acceptors (Lipinski definition) is 5. The molecular formula is C15H27N5O. The van der Waals surface area contributed by atoms with Gasteiger partial charge in [0, 0.05) is 25.6 Å². The molecule has 0 aliphatic rings. The van der Waals surface area contributed by atoms with E-state index in [-0.39, 0.29) is 11.9 Å². The Morgan fingerprint density at radius 3 is 2.43 bits per heavy atom. The zero-order valence-corrected chi connectivity index (χ0v) is 13.7. The molecule has 1 aromatic rings. The summed E-state index contributed by atoms with van der Waals surface area (Å²) in [7, 11) is 1.84. The van der Waals surface area contributed by atoms with Gasteiger partial charge in [-0.05, 0) is 26.7 Å². The first kappa shape index (κ1) is 17.2. The van der Waals surface area contributed by atoms with Crippen molar-refractivity contribution in [1.29, 1.82) is 0 Å². The Bertz CT molecular complexity index is 475. The van der Waals surface area contributed by atoms with Gasteiger partial charge in [0.1, 0.15) is 23.5 Å². The lowest BCUT2D eigenvalue weighted by molar-refractivity contribution is -0.121. The predicted molar refractivity (Wildman–Crippen MR) is 86.7 cm³/mol. The highest BCUT2D eigenvalue weighted by molar-refractivity contribution is 5.84. The third kappa shape index (κ3) is 4.88. The predicted octanol–water partition coefficient (Wildman–Crippen LogP) is 2.11. The summed E-state index contributed by atoms with van der Waals surface area (Å²) >= 11 is 0. The number of amides is 1. The minimum absolute atomic E-state index is 0.0158. The van der Waals surface area contributed by atoms with Gasteiger partial charge in [-0.25, -0.2) is 9.97 Å². The second-order valence-electron chi connectivity index (χ2n) is 5.12. The van der Waals surface area contributed by atoms with E-state index in [0.29, 0.717) is 6.54 Å². The van der Waals surface area contributed by atoms with E-state index >= 15 is 0 Å². The number of anilines is 2. The molecule has 21 heavy (non-hydrogen) atoms. The largest absolute Gasteiger partial charge is 0.373 e. The van der Waals surface area contributed by atoms with Gasteiger partial charge in [-0.1, -0.05) is 13.8 Å². The lowest BCUT2D eigenvalue weighted by Gasteiger charge is -2.18. The molecule has 1 rings (SSSR count). The van der Waals surface area contributed by atoms with E-state index in [1.807, 2.05) is 27.8 Å². The molecule has 0 bridgehead atoms. The van der Waals surface area contributed by atoms with Crippen LogP contribution in [0, 0.1) is 6.92 Å². The van der Waals surface area contributed by atoms with Crippen LogP contribution in [0.25, 0.3) is 0 Å². The maximum absolute atomic E-state index is 12.0. The maximum atomic E-state index is 12.0. The second kappa shape index (κ2) is 8.44. The molecule has 6 heteroatoms. The Hall–Kier alpha value is -1.85. The number of aryl methyl sites for hydroxylation is 1. The zero-order valence-electron chi connectivity index (χ0n) is 13.7. The molecule has 0 saturated carbocycles. The first-order valence-corrected chi connectivity index (χ1v) is 7.62. The average Bonchev–Trinajstić information content (AvgIpc) is 2.47. The van der Waals surface area contributed by atoms with Crippen LogP contribution in [-0.2, 0) is 11.2 Å². The van der Waals surface area contributed by atoms with Crippen LogP contribution in [0.4, 0.5) is 11.6 Å². The van der Waals surface area contributed by atoms with Gasteiger partial charge in [0.25, 0.3) is 0 Å². The zero-order chi connectivity index (χ0) is 15.8. The standard InChI is InChI=1S/C15H27N5O/c1-6-8-12-19-13(16-5)10(3)14(20-12)18-11(4)15(21)17-9-7-2/h11H,6-9H2,1-5H3,(H,17,21)(H2,16,18,19,20). The molecule has 1 atom stereocenters. The van der Waals surface area contributed by atoms with Crippen molar-refractivity contribution in [1.82, 2.24) is 15.3 Å². The molecule has 3 N–H and O–H groups in total. The molecular weight excluding hydrogens is 266 g/mol. The van der Waals surface area contributed by atoms with Crippen LogP contribution < -0.4 is 16.0 Å². The summed E-state index contributed by atoms with van der Waals surface area (Å²) in [5.74, 6) is 2.29. The summed E-state index contributed by atoms with van der Waals surface area (Å²) in [5, 5.41) is 9.15. The fourth-order valence-electron chi connectivity index (χ4n) is 1.95. The van der Waals surface area contributed by atoms with Gasteiger partial charge >= 0.3 is 0 Å². The van der Waals surface area contributed by atoms with E-state index in [1.165, 1.54) is 0 Å². The van der Waals surface area contributed by atoms with E-state index in [9.17, 15) is 4.79 Å². The molecule has 0 aliphatic carbocycles. The van der Waals surface area contributed by atoms with Crippen molar-refractivity contribution < 1.29 is 4.79 Å². The highest BCUT2D eigenvalue weighted by Gasteiger charge is 2.16. The summed E-state index contributed by atoms with van der Waals surface area (Å²) in [5.41, 5.74) is 0.924. The topological polar surface area (TPSA) is 78.9 Å². The monoisotopic (exact) mass is 293 g/mol. The highest BCUT2D eigenvalue weighted by atomic mass is 16.2. The van der Waals surface area contributed by atoms with Crippen molar-refractivity contribution in [2.24, 2.45) is 0 Å². The lowest BCUT2D eigenvalue weighted by atomic mass is 10.2. The number of hydrogen-bond donors (Lipinski definition) is 3. The van der Waals surface area contributed by atoms with E-state index in [2.05, 4.69) is 32.8 Å². The highest BCUT2D eigenvalue weighted by Crippen LogP contribution is 2.20. The van der Waals surface area contributed by atoms with Crippen molar-refractivity contribution in [2.45, 2.75) is 53.0 Å². The number of carbonyl (C=O) groups excluding carboxylic acids is 1. The van der Waals surface area contributed by atoms with Gasteiger partial charge in [-0.2, -0.15) is 0 Å². The molecule has 0 spiro atoms. The van der Waals surface area contributed by atoms with Gasteiger partial charge in [-0.15, -0.1) is 0 Å². The molecule has 0 fully saturated rings. The van der Waals surface area contributed by atoms with Crippen LogP contribution in [0.15, 0.2) is 0 Å². The second-order valence-corrected chi connectivity index (χ2v) is 5.12. The fourth-order valence-corrected chi connectivity index (χ4v) is 1.95. The number of rotatable bonds is 8. The molecule has 1 aromatic heterocycles. The van der Waals surface area contributed by atoms with Crippen molar-refractivity contribution >= 4 is 17.5 Å². The molecule has 1 unspecified atom stereocenters. The number of carbonyl (C=O) groups is 1. The minimum Gasteiger partial charge on any atom is -0.373 e. The van der Waals surface area contributed by atoms with Crippen LogP contribution in [0.1, 0.15) is 45.0 Å². The Balaban J connectivity index is 2.90. The summed E-state index contributed by atoms with van der Waals surface area (Å²) in [4.78, 5) is 21.0. The maximum Gasteiger partial charge on any atom is 0.242 e. The molecule has 6 nitrogen and oxygen atoms in total. The normalized spacial score (nSPS) is 11.9. The van der Waals surface area contributed by atoms with Gasteiger partial charge in [-0.3, -0.25) is 4.79 Å². The molecule has 0 saturated heterocycles. The quantitative estimate of drug-likeness (QED) is 0.684. The third-order valence-electron chi connectivity index (χ3n) is 3.20. The van der Waals surface area contributed by atoms with Crippen molar-refractivity contribution in [2.75, 3.05) is 24.2 Å². The SMILES string of the molecule is CCCNC(=O)C(C)Nc1nc(CCC)nc(NC)c1C. The minimum atomic E-state index is -0.329. The molecule has 118 valence electrons. The van der Waals surface area contributed by atoms with Crippen LogP contribution in [0.3, 0.4) is 0 Å². The van der Waals surface area contributed by atoms with Crippen LogP contribution in [-0.4, -0.2) is 35.5 Å². The van der Waals surface area contributed by atoms with Crippen LogP contribution in [0.2, 0.25) is 0 Å². The molecule has 1 amide bonds. The Kier molecular flexibility index (Phi) is 6.91. The van der Waals surface area contributed by atoms with E-state index < -0.39 is 0 Å². The van der Waals surface area contributed by atoms with Gasteiger partial charge in [0.05, 0.1) is 0 Å². The molecule has 1 heterocycles. The van der Waals surface area contributed by atoms with E-state index in [4.69, 9.17) is 0 Å². The Morgan fingerprint density at radius 1 is 1.19 bits per heavy atom.